The highest BCUT2D eigenvalue weighted by atomic mass is 32.1. The van der Waals surface area contributed by atoms with Crippen LogP contribution in [0.1, 0.15) is 46.0 Å². The second-order valence-electron chi connectivity index (χ2n) is 6.13. The summed E-state index contributed by atoms with van der Waals surface area (Å²) in [5, 5.41) is 7.38. The van der Waals surface area contributed by atoms with Gasteiger partial charge in [0.1, 0.15) is 15.5 Å². The number of aromatic nitrogens is 2. The van der Waals surface area contributed by atoms with Crippen LogP contribution in [0.5, 0.6) is 0 Å². The molecule has 0 saturated carbocycles. The third-order valence-electron chi connectivity index (χ3n) is 4.33. The van der Waals surface area contributed by atoms with Crippen molar-refractivity contribution >= 4 is 39.0 Å². The minimum atomic E-state index is -0.279. The number of carbonyl (C=O) groups excluding carboxylic acids is 1. The van der Waals surface area contributed by atoms with Gasteiger partial charge in [-0.1, -0.05) is 11.6 Å². The third kappa shape index (κ3) is 2.65. The highest BCUT2D eigenvalue weighted by Crippen LogP contribution is 2.35. The van der Waals surface area contributed by atoms with Crippen molar-refractivity contribution in [2.75, 3.05) is 11.1 Å². The molecular weight excluding hydrogens is 324 g/mol. The molecule has 6 nitrogen and oxygen atoms in total. The number of nitrogens with zero attached hydrogens (tertiary/aromatic N) is 2. The Morgan fingerprint density at radius 2 is 2.12 bits per heavy atom. The summed E-state index contributed by atoms with van der Waals surface area (Å²) in [6.45, 7) is 1.77. The van der Waals surface area contributed by atoms with Gasteiger partial charge in [0, 0.05) is 17.1 Å². The van der Waals surface area contributed by atoms with Gasteiger partial charge in [-0.3, -0.25) is 4.79 Å². The average molecular weight is 342 g/mol. The van der Waals surface area contributed by atoms with E-state index in [2.05, 4.69) is 16.5 Å². The van der Waals surface area contributed by atoms with Gasteiger partial charge in [-0.25, -0.2) is 4.98 Å². The first-order valence-corrected chi connectivity index (χ1v) is 8.89. The molecule has 0 aromatic carbocycles. The number of nitrogens with one attached hydrogen (secondary N) is 1. The number of aryl methyl sites for hydroxylation is 3. The van der Waals surface area contributed by atoms with Gasteiger partial charge in [-0.05, 0) is 44.2 Å². The number of hydrogen-bond acceptors (Lipinski definition) is 6. The molecule has 3 aromatic rings. The van der Waals surface area contributed by atoms with Crippen LogP contribution in [0.3, 0.4) is 0 Å². The lowest BCUT2D eigenvalue weighted by Crippen LogP contribution is -2.12. The van der Waals surface area contributed by atoms with Crippen molar-refractivity contribution in [3.63, 3.8) is 0 Å². The Bertz CT molecular complexity index is 928. The van der Waals surface area contributed by atoms with Gasteiger partial charge >= 0.3 is 0 Å². The normalized spacial score (nSPS) is 14.4. The number of thiophene rings is 1. The zero-order valence-electron chi connectivity index (χ0n) is 13.4. The van der Waals surface area contributed by atoms with E-state index >= 15 is 0 Å². The second-order valence-corrected chi connectivity index (χ2v) is 7.13. The number of nitrogens with two attached hydrogens (primary N) is 1. The molecule has 0 spiro atoms. The molecular formula is C17H18N4O2S. The highest BCUT2D eigenvalue weighted by molar-refractivity contribution is 7.21. The van der Waals surface area contributed by atoms with Crippen LogP contribution in [0, 0.1) is 6.92 Å². The van der Waals surface area contributed by atoms with E-state index in [-0.39, 0.29) is 5.91 Å². The highest BCUT2D eigenvalue weighted by Gasteiger charge is 2.20. The first-order chi connectivity index (χ1) is 11.6. The number of amides is 1. The second kappa shape index (κ2) is 5.90. The van der Waals surface area contributed by atoms with Crippen molar-refractivity contribution in [3.8, 4) is 0 Å². The molecule has 3 N–H and O–H groups in total. The molecule has 3 aromatic heterocycles. The molecule has 24 heavy (non-hydrogen) atoms. The Morgan fingerprint density at radius 3 is 2.92 bits per heavy atom. The summed E-state index contributed by atoms with van der Waals surface area (Å²) < 4.78 is 4.96. The van der Waals surface area contributed by atoms with E-state index in [1.807, 2.05) is 0 Å². The first kappa shape index (κ1) is 15.1. The molecule has 0 bridgehead atoms. The summed E-state index contributed by atoms with van der Waals surface area (Å²) in [7, 11) is 0. The number of carbonyl (C=O) groups is 1. The Morgan fingerprint density at radius 1 is 1.29 bits per heavy atom. The fourth-order valence-electron chi connectivity index (χ4n) is 3.10. The smallest absolute Gasteiger partial charge is 0.269 e. The lowest BCUT2D eigenvalue weighted by Gasteiger charge is -2.04. The number of fused-ring (bicyclic) bond motifs is 2. The third-order valence-corrected chi connectivity index (χ3v) is 5.44. The zero-order chi connectivity index (χ0) is 16.7. The summed E-state index contributed by atoms with van der Waals surface area (Å²) in [5.41, 5.74) is 9.15. The van der Waals surface area contributed by atoms with Gasteiger partial charge in [-0.2, -0.15) is 0 Å². The van der Waals surface area contributed by atoms with Crippen molar-refractivity contribution in [1.29, 1.82) is 0 Å². The zero-order valence-corrected chi connectivity index (χ0v) is 14.2. The number of pyridine rings is 1. The van der Waals surface area contributed by atoms with Crippen molar-refractivity contribution in [2.24, 2.45) is 0 Å². The van der Waals surface area contributed by atoms with Crippen molar-refractivity contribution in [1.82, 2.24) is 10.1 Å². The van der Waals surface area contributed by atoms with Crippen LogP contribution in [-0.2, 0) is 12.8 Å². The molecule has 0 fully saturated rings. The molecule has 0 aliphatic heterocycles. The average Bonchev–Trinajstić information content (AvgIpc) is 3.01. The predicted molar refractivity (Wildman–Crippen MR) is 94.5 cm³/mol. The minimum Gasteiger partial charge on any atom is -0.397 e. The monoisotopic (exact) mass is 342 g/mol. The van der Waals surface area contributed by atoms with Crippen LogP contribution >= 0.6 is 11.3 Å². The lowest BCUT2D eigenvalue weighted by molar-refractivity contribution is 0.103. The van der Waals surface area contributed by atoms with Crippen LogP contribution in [0.2, 0.25) is 0 Å². The lowest BCUT2D eigenvalue weighted by atomic mass is 10.1. The Hall–Kier alpha value is -2.41. The predicted octanol–water partition coefficient (Wildman–Crippen LogP) is 3.70. The fraction of sp³-hybridized carbons (Fsp3) is 0.353. The molecule has 3 heterocycles. The Kier molecular flexibility index (Phi) is 3.72. The van der Waals surface area contributed by atoms with Crippen molar-refractivity contribution in [3.05, 3.63) is 34.0 Å². The van der Waals surface area contributed by atoms with Crippen molar-refractivity contribution < 1.29 is 9.32 Å². The van der Waals surface area contributed by atoms with E-state index in [0.717, 1.165) is 28.8 Å². The maximum absolute atomic E-state index is 12.5. The van der Waals surface area contributed by atoms with Crippen LogP contribution < -0.4 is 11.1 Å². The molecule has 4 rings (SSSR count). The van der Waals surface area contributed by atoms with E-state index in [1.165, 1.54) is 36.2 Å². The van der Waals surface area contributed by atoms with Crippen LogP contribution in [-0.4, -0.2) is 16.0 Å². The maximum Gasteiger partial charge on any atom is 0.269 e. The molecule has 1 amide bonds. The van der Waals surface area contributed by atoms with Crippen molar-refractivity contribution in [2.45, 2.75) is 39.0 Å². The molecule has 0 radical (unpaired) electrons. The van der Waals surface area contributed by atoms with E-state index in [1.54, 1.807) is 13.0 Å². The number of nitrogen functional groups attached to an aromatic ring is 1. The summed E-state index contributed by atoms with van der Waals surface area (Å²) in [5.74, 6) is 0.747. The first-order valence-electron chi connectivity index (χ1n) is 8.07. The minimum absolute atomic E-state index is 0.279. The fourth-order valence-corrected chi connectivity index (χ4v) is 4.09. The Labute approximate surface area is 143 Å². The molecule has 0 unspecified atom stereocenters. The van der Waals surface area contributed by atoms with E-state index in [9.17, 15) is 4.79 Å². The van der Waals surface area contributed by atoms with E-state index in [4.69, 9.17) is 15.2 Å². The van der Waals surface area contributed by atoms with Crippen LogP contribution in [0.4, 0.5) is 11.5 Å². The van der Waals surface area contributed by atoms with E-state index < -0.39 is 0 Å². The van der Waals surface area contributed by atoms with Gasteiger partial charge < -0.3 is 15.6 Å². The molecule has 0 atom stereocenters. The molecule has 1 aliphatic rings. The number of anilines is 2. The summed E-state index contributed by atoms with van der Waals surface area (Å²) in [6, 6.07) is 3.79. The summed E-state index contributed by atoms with van der Waals surface area (Å²) in [6.07, 6.45) is 5.63. The quantitative estimate of drug-likeness (QED) is 0.693. The van der Waals surface area contributed by atoms with Gasteiger partial charge in [-0.15, -0.1) is 11.3 Å². The molecule has 7 heteroatoms. The topological polar surface area (TPSA) is 94.0 Å². The van der Waals surface area contributed by atoms with Crippen LogP contribution in [0.25, 0.3) is 10.2 Å². The molecule has 1 aliphatic carbocycles. The van der Waals surface area contributed by atoms with Gasteiger partial charge in [0.15, 0.2) is 5.82 Å². The summed E-state index contributed by atoms with van der Waals surface area (Å²) >= 11 is 1.33. The Balaban J connectivity index is 1.71. The molecule has 124 valence electrons. The largest absolute Gasteiger partial charge is 0.397 e. The summed E-state index contributed by atoms with van der Waals surface area (Å²) in [4.78, 5) is 18.6. The van der Waals surface area contributed by atoms with Gasteiger partial charge in [0.25, 0.3) is 5.91 Å². The van der Waals surface area contributed by atoms with E-state index in [0.29, 0.717) is 22.1 Å². The van der Waals surface area contributed by atoms with Gasteiger partial charge in [0.05, 0.1) is 5.69 Å². The maximum atomic E-state index is 12.5. The molecule has 0 saturated heterocycles. The van der Waals surface area contributed by atoms with Crippen LogP contribution in [0.15, 0.2) is 16.7 Å². The SMILES string of the molecule is Cc1cc(NC(=O)c2sc3nc4c(cc3c2N)CCCCC4)no1. The standard InChI is InChI=1S/C17H18N4O2S/c1-9-7-13(21-23-9)20-16(22)15-14(18)11-8-10-5-3-2-4-6-12(10)19-17(11)24-15/h7-8H,2-6,18H2,1H3,(H,20,21,22). The van der Waals surface area contributed by atoms with Gasteiger partial charge in [0.2, 0.25) is 0 Å². The number of hydrogen-bond donors (Lipinski definition) is 2. The number of rotatable bonds is 2.